The fourth-order valence-corrected chi connectivity index (χ4v) is 8.85. The minimum absolute atomic E-state index is 0.0241. The van der Waals surface area contributed by atoms with Gasteiger partial charge in [-0.3, -0.25) is 19.2 Å². The summed E-state index contributed by atoms with van der Waals surface area (Å²) in [7, 11) is 0. The molecule has 15 nitrogen and oxygen atoms in total. The number of hydrogen-bond acceptors (Lipinski definition) is 12. The number of aliphatic hydroxyl groups is 1. The molecule has 0 unspecified atom stereocenters. The van der Waals surface area contributed by atoms with Gasteiger partial charge in [-0.15, -0.1) is 21.5 Å². The summed E-state index contributed by atoms with van der Waals surface area (Å²) in [5.74, 6) is -0.426. The highest BCUT2D eigenvalue weighted by Gasteiger charge is 2.44. The molecule has 6 rings (SSSR count). The van der Waals surface area contributed by atoms with Crippen molar-refractivity contribution in [2.24, 2.45) is 5.41 Å². The molecular weight excluding hydrogens is 869 g/mol. The van der Waals surface area contributed by atoms with Crippen molar-refractivity contribution in [3.8, 4) is 33.2 Å². The number of amides is 4. The number of aliphatic hydroxyl groups excluding tert-OH is 1. The number of nitrogens with zero attached hydrogens (tertiary/aromatic N) is 4. The van der Waals surface area contributed by atoms with Gasteiger partial charge in [0.2, 0.25) is 17.7 Å². The van der Waals surface area contributed by atoms with Crippen LogP contribution in [0.15, 0.2) is 84.4 Å². The first-order valence-electron chi connectivity index (χ1n) is 23.1. The molecule has 16 heteroatoms. The number of para-hydroxylation sites is 1. The van der Waals surface area contributed by atoms with Gasteiger partial charge in [0.05, 0.1) is 28.8 Å². The average molecular weight is 933 g/mol. The first kappa shape index (κ1) is 50.0. The Labute approximate surface area is 397 Å². The molecule has 0 spiro atoms. The molecule has 1 saturated heterocycles. The summed E-state index contributed by atoms with van der Waals surface area (Å²) < 4.78 is 5.89. The Bertz CT molecular complexity index is 2440. The second-order valence-corrected chi connectivity index (χ2v) is 19.1. The van der Waals surface area contributed by atoms with E-state index in [2.05, 4.69) is 31.1 Å². The van der Waals surface area contributed by atoms with E-state index in [9.17, 15) is 29.4 Å². The molecule has 7 N–H and O–H groups in total. The quantitative estimate of drug-likeness (QED) is 0.0383. The Hall–Kier alpha value is -6.39. The fraction of sp³-hybridized carbons (Fsp3) is 0.431. The maximum atomic E-state index is 14.0. The van der Waals surface area contributed by atoms with Gasteiger partial charge in [0.15, 0.2) is 11.6 Å². The molecule has 1 aliphatic heterocycles. The topological polar surface area (TPSA) is 222 Å². The monoisotopic (exact) mass is 932 g/mol. The van der Waals surface area contributed by atoms with Crippen LogP contribution in [0.4, 0.5) is 5.82 Å². The number of aromatic nitrogens is 3. The molecule has 356 valence electrons. The number of hydrogen-bond donors (Lipinski definition) is 6. The van der Waals surface area contributed by atoms with Gasteiger partial charge >= 0.3 is 0 Å². The molecule has 1 aliphatic rings. The van der Waals surface area contributed by atoms with Crippen molar-refractivity contribution in [1.29, 1.82) is 0 Å². The Balaban J connectivity index is 0.830. The van der Waals surface area contributed by atoms with Gasteiger partial charge in [0.25, 0.3) is 5.91 Å². The van der Waals surface area contributed by atoms with Crippen molar-refractivity contribution in [2.45, 2.75) is 117 Å². The summed E-state index contributed by atoms with van der Waals surface area (Å²) in [6.45, 7) is 8.84. The zero-order valence-electron chi connectivity index (χ0n) is 38.9. The third kappa shape index (κ3) is 14.3. The predicted molar refractivity (Wildman–Crippen MR) is 260 cm³/mol. The Morgan fingerprint density at radius 1 is 0.896 bits per heavy atom. The van der Waals surface area contributed by atoms with Gasteiger partial charge in [-0.2, -0.15) is 0 Å². The number of thiazole rings is 1. The summed E-state index contributed by atoms with van der Waals surface area (Å²) in [5, 5.41) is 37.7. The number of carbonyl (C=O) groups excluding carboxylic acids is 4. The zero-order chi connectivity index (χ0) is 47.9. The highest BCUT2D eigenvalue weighted by molar-refractivity contribution is 7.13. The van der Waals surface area contributed by atoms with Crippen LogP contribution < -0.4 is 26.4 Å². The lowest BCUT2D eigenvalue weighted by Gasteiger charge is -2.35. The third-order valence-corrected chi connectivity index (χ3v) is 12.9. The maximum Gasteiger partial charge on any atom is 0.251 e. The Morgan fingerprint density at radius 2 is 1.58 bits per heavy atom. The van der Waals surface area contributed by atoms with Crippen LogP contribution in [0, 0.1) is 12.3 Å². The lowest BCUT2D eigenvalue weighted by atomic mass is 9.85. The number of rotatable bonds is 22. The number of aromatic hydroxyl groups is 1. The van der Waals surface area contributed by atoms with Gasteiger partial charge in [-0.25, -0.2) is 4.98 Å². The number of nitrogens with one attached hydrogen (secondary N) is 3. The number of phenols is 1. The predicted octanol–water partition coefficient (Wildman–Crippen LogP) is 7.14. The van der Waals surface area contributed by atoms with E-state index >= 15 is 0 Å². The summed E-state index contributed by atoms with van der Waals surface area (Å²) >= 11 is 1.58. The largest absolute Gasteiger partial charge is 0.507 e. The molecule has 3 heterocycles. The number of nitrogens with two attached hydrogens (primary N) is 1. The Morgan fingerprint density at radius 3 is 2.27 bits per heavy atom. The number of nitrogen functional groups attached to an aromatic ring is 1. The number of ether oxygens (including phenoxy) is 1. The van der Waals surface area contributed by atoms with E-state index in [0.717, 1.165) is 65.8 Å². The lowest BCUT2D eigenvalue weighted by molar-refractivity contribution is -0.144. The number of unbranched alkanes of at least 4 members (excludes halogenated alkanes) is 6. The van der Waals surface area contributed by atoms with Gasteiger partial charge < -0.3 is 41.5 Å². The van der Waals surface area contributed by atoms with Crippen LogP contribution in [-0.4, -0.2) is 91.8 Å². The molecule has 0 aliphatic carbocycles. The molecule has 5 aromatic rings. The molecule has 4 amide bonds. The number of phenolic OH excluding ortho intramolecular Hbond substituents is 1. The van der Waals surface area contributed by atoms with E-state index in [1.807, 2.05) is 69.6 Å². The lowest BCUT2D eigenvalue weighted by Crippen LogP contribution is -2.57. The van der Waals surface area contributed by atoms with Crippen LogP contribution in [0.25, 0.3) is 21.7 Å². The van der Waals surface area contributed by atoms with E-state index in [-0.39, 0.29) is 61.1 Å². The SMILES string of the molecule is Cc1ncsc1-c1ccc(CNC(=O)[C@@H]2C[C@@H](O)CN2C(=O)[C@@H](NC(=O)CCCCCCCCCNC(=O)c2ccc(CCOc3cc(-c4ccccc4O)nnc3N)cc2)C(C)(C)C)cc1. The van der Waals surface area contributed by atoms with Gasteiger partial charge in [-0.05, 0) is 66.1 Å². The molecule has 0 saturated carbocycles. The first-order chi connectivity index (χ1) is 32.2. The summed E-state index contributed by atoms with van der Waals surface area (Å²) in [6, 6.07) is 22.1. The minimum atomic E-state index is -0.862. The maximum absolute atomic E-state index is 14.0. The minimum Gasteiger partial charge on any atom is -0.507 e. The summed E-state index contributed by atoms with van der Waals surface area (Å²) in [4.78, 5) is 60.2. The van der Waals surface area contributed by atoms with Crippen molar-refractivity contribution in [3.05, 3.63) is 107 Å². The number of likely N-dealkylation sites (tertiary alicyclic amines) is 1. The number of benzene rings is 3. The number of β-amino-alcohol motifs (C(OH)–C–C–N with tert-alkyl or cyclic N) is 1. The molecular formula is C51H64N8O7S. The molecule has 3 atom stereocenters. The molecule has 3 aromatic carbocycles. The van der Waals surface area contributed by atoms with Crippen molar-refractivity contribution in [2.75, 3.05) is 25.4 Å². The van der Waals surface area contributed by atoms with Crippen LogP contribution in [0.2, 0.25) is 0 Å². The van der Waals surface area contributed by atoms with Crippen molar-refractivity contribution >= 4 is 40.8 Å². The van der Waals surface area contributed by atoms with Crippen LogP contribution in [-0.2, 0) is 27.3 Å². The smallest absolute Gasteiger partial charge is 0.251 e. The molecule has 67 heavy (non-hydrogen) atoms. The van der Waals surface area contributed by atoms with Crippen LogP contribution in [0.3, 0.4) is 0 Å². The molecule has 2 aromatic heterocycles. The van der Waals surface area contributed by atoms with E-state index in [1.165, 1.54) is 4.90 Å². The second-order valence-electron chi connectivity index (χ2n) is 18.2. The molecule has 0 bridgehead atoms. The third-order valence-electron chi connectivity index (χ3n) is 11.9. The average Bonchev–Trinajstić information content (AvgIpc) is 3.93. The van der Waals surface area contributed by atoms with Crippen LogP contribution >= 0.6 is 11.3 Å². The molecule has 0 radical (unpaired) electrons. The normalized spacial score (nSPS) is 15.2. The zero-order valence-corrected chi connectivity index (χ0v) is 39.7. The first-order valence-corrected chi connectivity index (χ1v) is 24.0. The van der Waals surface area contributed by atoms with E-state index in [1.54, 1.807) is 53.8 Å². The fourth-order valence-electron chi connectivity index (χ4n) is 8.03. The van der Waals surface area contributed by atoms with Gasteiger partial charge in [-0.1, -0.05) is 101 Å². The standard InChI is InChI=1S/C51H64N8O7S/c1-33-45(67-32-55-33)36-21-19-35(20-22-36)30-54-49(64)41-28-38(60)31-59(41)50(65)46(51(2,3)4)56-44(62)16-10-8-6-5-7-9-13-26-53-48(63)37-23-17-34(18-24-37)25-27-66-43-29-40(57-58-47(43)52)39-14-11-12-15-42(39)61/h11-12,14-15,17-24,29,32,38,41,46,60-61H,5-10,13,16,25-28,30-31H2,1-4H3,(H2,52,58)(H,53,63)(H,54,64)(H,56,62)/t38-,41+,46-/m1/s1. The van der Waals surface area contributed by atoms with Crippen molar-refractivity contribution < 1.29 is 34.1 Å². The highest BCUT2D eigenvalue weighted by Crippen LogP contribution is 2.31. The Kier molecular flexibility index (Phi) is 17.8. The number of anilines is 1. The summed E-state index contributed by atoms with van der Waals surface area (Å²) in [6.07, 6.45) is 6.59. The van der Waals surface area contributed by atoms with E-state index < -0.39 is 23.6 Å². The number of carbonyl (C=O) groups is 4. The van der Waals surface area contributed by atoms with Crippen LogP contribution in [0.1, 0.15) is 106 Å². The van der Waals surface area contributed by atoms with Gasteiger partial charge in [0.1, 0.15) is 23.5 Å². The van der Waals surface area contributed by atoms with E-state index in [4.69, 9.17) is 10.5 Å². The summed E-state index contributed by atoms with van der Waals surface area (Å²) in [5.41, 5.74) is 12.7. The van der Waals surface area contributed by atoms with Crippen LogP contribution in [0.5, 0.6) is 11.5 Å². The number of aryl methyl sites for hydroxylation is 1. The highest BCUT2D eigenvalue weighted by atomic mass is 32.1. The molecule has 1 fully saturated rings. The van der Waals surface area contributed by atoms with Crippen molar-refractivity contribution in [1.82, 2.24) is 36.0 Å². The van der Waals surface area contributed by atoms with Crippen molar-refractivity contribution in [3.63, 3.8) is 0 Å². The second kappa shape index (κ2) is 23.9. The van der Waals surface area contributed by atoms with Gasteiger partial charge in [0, 0.05) is 56.1 Å². The van der Waals surface area contributed by atoms with E-state index in [0.29, 0.717) is 48.6 Å².